The van der Waals surface area contributed by atoms with E-state index in [0.717, 1.165) is 56.3 Å². The highest BCUT2D eigenvalue weighted by molar-refractivity contribution is 5.76. The molecule has 168 valence electrons. The van der Waals surface area contributed by atoms with Crippen LogP contribution in [0.4, 0.5) is 17.3 Å². The predicted octanol–water partition coefficient (Wildman–Crippen LogP) is -0.00610. The molecule has 0 aromatic carbocycles. The average Bonchev–Trinajstić information content (AvgIpc) is 3.39. The lowest BCUT2D eigenvalue weighted by Crippen LogP contribution is -2.67. The van der Waals surface area contributed by atoms with Gasteiger partial charge in [0.05, 0.1) is 17.6 Å². The Hall–Kier alpha value is -3.18. The Balaban J connectivity index is 1.14. The molecular formula is C21H28N10O. The molecule has 0 radical (unpaired) electrons. The lowest BCUT2D eigenvalue weighted by atomic mass is 9.91. The van der Waals surface area contributed by atoms with Crippen LogP contribution in [0.1, 0.15) is 6.42 Å². The molecule has 3 aromatic rings. The van der Waals surface area contributed by atoms with Crippen molar-refractivity contribution in [3.05, 3.63) is 30.7 Å². The highest BCUT2D eigenvalue weighted by atomic mass is 16.2. The molecule has 4 aliphatic heterocycles. The molecule has 32 heavy (non-hydrogen) atoms. The van der Waals surface area contributed by atoms with E-state index < -0.39 is 0 Å². The molecule has 11 nitrogen and oxygen atoms in total. The fourth-order valence-electron chi connectivity index (χ4n) is 4.84. The van der Waals surface area contributed by atoms with Gasteiger partial charge in [-0.05, 0) is 25.6 Å². The number of fused-ring (bicyclic) bond motifs is 3. The fraction of sp³-hybridized carbons (Fsp3) is 0.524. The van der Waals surface area contributed by atoms with Gasteiger partial charge >= 0.3 is 0 Å². The first kappa shape index (κ1) is 19.5. The van der Waals surface area contributed by atoms with Crippen LogP contribution in [0.2, 0.25) is 0 Å². The van der Waals surface area contributed by atoms with Gasteiger partial charge in [-0.1, -0.05) is 0 Å². The van der Waals surface area contributed by atoms with Gasteiger partial charge in [0.15, 0.2) is 5.65 Å². The van der Waals surface area contributed by atoms with Gasteiger partial charge < -0.3 is 25.3 Å². The SMILES string of the molecule is CN1CCN(C(=O)Cn2cc(Nc3nc4c(N5CC6CC(C5)N6)cccn4n3)cn2)CC1. The van der Waals surface area contributed by atoms with Crippen molar-refractivity contribution >= 4 is 28.9 Å². The summed E-state index contributed by atoms with van der Waals surface area (Å²) in [7, 11) is 2.08. The summed E-state index contributed by atoms with van der Waals surface area (Å²) in [5.74, 6) is 0.611. The molecule has 7 heterocycles. The lowest BCUT2D eigenvalue weighted by Gasteiger charge is -2.49. The standard InChI is InChI=1S/C21H28N10O/c1-27-5-7-28(8-6-27)19(32)14-30-13-17(10-22-30)24-21-25-20-18(3-2-4-31(20)26-21)29-11-15-9-16(12-29)23-15/h2-4,10,13,15-16,23H,5-9,11-12,14H2,1H3,(H,24,26). The van der Waals surface area contributed by atoms with Crippen molar-refractivity contribution in [3.8, 4) is 0 Å². The number of anilines is 3. The number of piperidine rings is 1. The molecule has 2 N–H and O–H groups in total. The molecule has 3 aromatic heterocycles. The van der Waals surface area contributed by atoms with Crippen LogP contribution < -0.4 is 15.5 Å². The maximum atomic E-state index is 12.6. The zero-order valence-electron chi connectivity index (χ0n) is 18.2. The molecule has 4 aliphatic rings. The summed E-state index contributed by atoms with van der Waals surface area (Å²) in [6.07, 6.45) is 6.70. The van der Waals surface area contributed by atoms with Crippen LogP contribution in [0.5, 0.6) is 0 Å². The van der Waals surface area contributed by atoms with Crippen molar-refractivity contribution in [3.63, 3.8) is 0 Å². The van der Waals surface area contributed by atoms with Crippen molar-refractivity contribution in [2.24, 2.45) is 0 Å². The van der Waals surface area contributed by atoms with Gasteiger partial charge in [0, 0.05) is 63.7 Å². The first-order valence-corrected chi connectivity index (χ1v) is 11.2. The van der Waals surface area contributed by atoms with Crippen LogP contribution in [0.15, 0.2) is 30.7 Å². The van der Waals surface area contributed by atoms with Gasteiger partial charge in [0.25, 0.3) is 0 Å². The summed E-state index contributed by atoms with van der Waals surface area (Å²) in [5.41, 5.74) is 2.71. The minimum Gasteiger partial charge on any atom is -0.365 e. The largest absolute Gasteiger partial charge is 0.365 e. The van der Waals surface area contributed by atoms with Crippen LogP contribution in [0.3, 0.4) is 0 Å². The van der Waals surface area contributed by atoms with Gasteiger partial charge in [0.1, 0.15) is 6.54 Å². The smallest absolute Gasteiger partial charge is 0.247 e. The zero-order chi connectivity index (χ0) is 21.7. The lowest BCUT2D eigenvalue weighted by molar-refractivity contribution is -0.133. The van der Waals surface area contributed by atoms with Crippen LogP contribution in [-0.4, -0.2) is 98.5 Å². The topological polar surface area (TPSA) is 98.9 Å². The normalized spacial score (nSPS) is 23.4. The zero-order valence-corrected chi connectivity index (χ0v) is 18.2. The van der Waals surface area contributed by atoms with Crippen molar-refractivity contribution in [2.75, 3.05) is 56.5 Å². The molecule has 0 saturated carbocycles. The Morgan fingerprint density at radius 1 is 1.22 bits per heavy atom. The second-order valence-electron chi connectivity index (χ2n) is 9.03. The van der Waals surface area contributed by atoms with E-state index >= 15 is 0 Å². The summed E-state index contributed by atoms with van der Waals surface area (Å²) >= 11 is 0. The number of nitrogens with zero attached hydrogens (tertiary/aromatic N) is 8. The molecule has 2 bridgehead atoms. The van der Waals surface area contributed by atoms with Crippen molar-refractivity contribution < 1.29 is 4.79 Å². The molecular weight excluding hydrogens is 408 g/mol. The van der Waals surface area contributed by atoms with Gasteiger partial charge in [-0.3, -0.25) is 9.48 Å². The second-order valence-corrected chi connectivity index (χ2v) is 9.03. The monoisotopic (exact) mass is 436 g/mol. The summed E-state index contributed by atoms with van der Waals surface area (Å²) in [6, 6.07) is 5.28. The maximum absolute atomic E-state index is 12.6. The summed E-state index contributed by atoms with van der Waals surface area (Å²) in [4.78, 5) is 23.8. The number of nitrogens with one attached hydrogen (secondary N) is 2. The first-order chi connectivity index (χ1) is 15.6. The van der Waals surface area contributed by atoms with E-state index in [9.17, 15) is 4.79 Å². The predicted molar refractivity (Wildman–Crippen MR) is 120 cm³/mol. The molecule has 2 atom stereocenters. The molecule has 4 saturated heterocycles. The van der Waals surface area contributed by atoms with E-state index in [2.05, 4.69) is 43.7 Å². The third kappa shape index (κ3) is 3.67. The fourth-order valence-corrected chi connectivity index (χ4v) is 4.84. The summed E-state index contributed by atoms with van der Waals surface area (Å²) in [6.45, 7) is 5.59. The number of amides is 1. The number of hydrogen-bond donors (Lipinski definition) is 2. The van der Waals surface area contributed by atoms with Crippen LogP contribution in [0, 0.1) is 0 Å². The molecule has 2 unspecified atom stereocenters. The van der Waals surface area contributed by atoms with Gasteiger partial charge in [-0.15, -0.1) is 5.10 Å². The Labute approximate surface area is 186 Å². The van der Waals surface area contributed by atoms with E-state index in [1.54, 1.807) is 10.9 Å². The van der Waals surface area contributed by atoms with E-state index in [4.69, 9.17) is 4.98 Å². The third-order valence-corrected chi connectivity index (χ3v) is 6.65. The maximum Gasteiger partial charge on any atom is 0.247 e. The summed E-state index contributed by atoms with van der Waals surface area (Å²) < 4.78 is 3.48. The van der Waals surface area contributed by atoms with Crippen molar-refractivity contribution in [1.29, 1.82) is 0 Å². The Bertz CT molecular complexity index is 1110. The number of likely N-dealkylation sites (N-methyl/N-ethyl adjacent to an activating group) is 1. The van der Waals surface area contributed by atoms with E-state index in [1.807, 2.05) is 27.9 Å². The van der Waals surface area contributed by atoms with Crippen LogP contribution in [0.25, 0.3) is 5.65 Å². The molecule has 11 heteroatoms. The Kier molecular flexibility index (Phi) is 4.72. The minimum absolute atomic E-state index is 0.0947. The highest BCUT2D eigenvalue weighted by Crippen LogP contribution is 2.29. The number of carbonyl (C=O) groups excluding carboxylic acids is 1. The number of carbonyl (C=O) groups is 1. The van der Waals surface area contributed by atoms with Crippen molar-refractivity contribution in [2.45, 2.75) is 25.0 Å². The third-order valence-electron chi connectivity index (χ3n) is 6.65. The average molecular weight is 437 g/mol. The molecule has 0 aliphatic carbocycles. The number of hydrogen-bond acceptors (Lipinski definition) is 8. The van der Waals surface area contributed by atoms with Gasteiger partial charge in [-0.2, -0.15) is 10.1 Å². The van der Waals surface area contributed by atoms with E-state index in [-0.39, 0.29) is 12.5 Å². The van der Waals surface area contributed by atoms with E-state index in [0.29, 0.717) is 18.0 Å². The number of piperazine rings is 2. The molecule has 4 fully saturated rings. The summed E-state index contributed by atoms with van der Waals surface area (Å²) in [5, 5.41) is 15.7. The van der Waals surface area contributed by atoms with Crippen LogP contribution >= 0.6 is 0 Å². The number of rotatable bonds is 5. The second kappa shape index (κ2) is 7.75. The minimum atomic E-state index is 0.0947. The Morgan fingerprint density at radius 3 is 2.78 bits per heavy atom. The quantitative estimate of drug-likeness (QED) is 0.577. The molecule has 0 spiro atoms. The van der Waals surface area contributed by atoms with Crippen molar-refractivity contribution in [1.82, 2.24) is 39.5 Å². The number of pyridine rings is 1. The van der Waals surface area contributed by atoms with E-state index in [1.165, 1.54) is 6.42 Å². The molecule has 1 amide bonds. The van der Waals surface area contributed by atoms with Gasteiger partial charge in [0.2, 0.25) is 11.9 Å². The highest BCUT2D eigenvalue weighted by Gasteiger charge is 2.37. The molecule has 7 rings (SSSR count). The first-order valence-electron chi connectivity index (χ1n) is 11.2. The Morgan fingerprint density at radius 2 is 2.00 bits per heavy atom. The van der Waals surface area contributed by atoms with Crippen LogP contribution in [-0.2, 0) is 11.3 Å². The van der Waals surface area contributed by atoms with Gasteiger partial charge in [-0.25, -0.2) is 4.52 Å². The number of aromatic nitrogens is 5.